The Labute approximate surface area is 139 Å². The molecule has 0 saturated carbocycles. The first-order valence-electron chi connectivity index (χ1n) is 8.37. The van der Waals surface area contributed by atoms with Crippen LogP contribution in [0.4, 0.5) is 0 Å². The fourth-order valence-electron chi connectivity index (χ4n) is 2.96. The number of esters is 1. The van der Waals surface area contributed by atoms with E-state index in [9.17, 15) is 4.79 Å². The number of aromatic nitrogens is 1. The normalized spacial score (nSPS) is 20.9. The molecule has 1 aromatic heterocycles. The fourth-order valence-corrected chi connectivity index (χ4v) is 2.96. The summed E-state index contributed by atoms with van der Waals surface area (Å²) in [6.45, 7) is 7.02. The molecule has 2 heterocycles. The van der Waals surface area contributed by atoms with Crippen LogP contribution >= 0.6 is 0 Å². The first-order chi connectivity index (χ1) is 11.0. The number of pyridine rings is 1. The molecule has 124 valence electrons. The van der Waals surface area contributed by atoms with Crippen molar-refractivity contribution in [1.82, 2.24) is 9.88 Å². The summed E-state index contributed by atoms with van der Waals surface area (Å²) < 4.78 is 5.35. The summed E-state index contributed by atoms with van der Waals surface area (Å²) in [5.41, 5.74) is 0.568. The highest BCUT2D eigenvalue weighted by atomic mass is 16.6. The summed E-state index contributed by atoms with van der Waals surface area (Å²) in [6, 6.07) is 4.51. The lowest BCUT2D eigenvalue weighted by molar-refractivity contribution is -0.150. The fraction of sp³-hybridized carbons (Fsp3) is 0.579. The van der Waals surface area contributed by atoms with Gasteiger partial charge in [0.15, 0.2) is 5.60 Å². The minimum Gasteiger partial charge on any atom is -0.446 e. The van der Waals surface area contributed by atoms with Gasteiger partial charge in [0.1, 0.15) is 0 Å². The first kappa shape index (κ1) is 17.5. The lowest BCUT2D eigenvalue weighted by Crippen LogP contribution is -2.34. The van der Waals surface area contributed by atoms with Gasteiger partial charge in [0, 0.05) is 25.4 Å². The molecule has 23 heavy (non-hydrogen) atoms. The average molecular weight is 314 g/mol. The lowest BCUT2D eigenvalue weighted by Gasteiger charge is -2.34. The van der Waals surface area contributed by atoms with E-state index in [-0.39, 0.29) is 5.97 Å². The van der Waals surface area contributed by atoms with E-state index < -0.39 is 5.60 Å². The number of rotatable bonds is 4. The third-order valence-electron chi connectivity index (χ3n) is 4.36. The Morgan fingerprint density at radius 3 is 3.00 bits per heavy atom. The first-order valence-corrected chi connectivity index (χ1v) is 8.37. The van der Waals surface area contributed by atoms with Gasteiger partial charge in [0.05, 0.1) is 6.54 Å². The van der Waals surface area contributed by atoms with Crippen LogP contribution in [0.5, 0.6) is 0 Å². The van der Waals surface area contributed by atoms with Crippen LogP contribution in [-0.2, 0) is 9.53 Å². The van der Waals surface area contributed by atoms with Gasteiger partial charge in [-0.3, -0.25) is 14.7 Å². The average Bonchev–Trinajstić information content (AvgIpc) is 2.55. The van der Waals surface area contributed by atoms with Gasteiger partial charge in [-0.05, 0) is 44.4 Å². The van der Waals surface area contributed by atoms with Crippen molar-refractivity contribution >= 4 is 5.97 Å². The smallest absolute Gasteiger partial charge is 0.304 e. The van der Waals surface area contributed by atoms with E-state index in [4.69, 9.17) is 4.74 Å². The largest absolute Gasteiger partial charge is 0.446 e. The molecule has 0 bridgehead atoms. The predicted octanol–water partition coefficient (Wildman–Crippen LogP) is 3.34. The Hall–Kier alpha value is -1.86. The standard InChI is InChI=1S/C19H26N2O2/c1-4-19(3,23-16(2)22)11-8-14-21-13-6-5-10-18(21)17-9-7-12-20-15-17/h7,9,12,15,18H,4-6,10,13-14H2,1-3H3/t18-,19+/m0/s1. The molecule has 0 amide bonds. The molecular formula is C19H26N2O2. The molecular weight excluding hydrogens is 288 g/mol. The van der Waals surface area contributed by atoms with Crippen molar-refractivity contribution in [3.63, 3.8) is 0 Å². The van der Waals surface area contributed by atoms with E-state index >= 15 is 0 Å². The summed E-state index contributed by atoms with van der Waals surface area (Å²) in [4.78, 5) is 17.9. The Balaban J connectivity index is 2.06. The molecule has 1 aliphatic rings. The summed E-state index contributed by atoms with van der Waals surface area (Å²) in [5.74, 6) is 6.09. The number of likely N-dealkylation sites (tertiary alicyclic amines) is 1. The molecule has 1 aromatic rings. The van der Waals surface area contributed by atoms with Crippen molar-refractivity contribution in [3.05, 3.63) is 30.1 Å². The van der Waals surface area contributed by atoms with Crippen LogP contribution in [0.15, 0.2) is 24.5 Å². The minimum absolute atomic E-state index is 0.283. The van der Waals surface area contributed by atoms with E-state index in [1.54, 1.807) is 0 Å². The predicted molar refractivity (Wildman–Crippen MR) is 90.6 cm³/mol. The summed E-state index contributed by atoms with van der Waals surface area (Å²) in [5, 5.41) is 0. The molecule has 0 aromatic carbocycles. The monoisotopic (exact) mass is 314 g/mol. The van der Waals surface area contributed by atoms with Gasteiger partial charge in [-0.2, -0.15) is 0 Å². The Morgan fingerprint density at radius 2 is 2.35 bits per heavy atom. The number of hydrogen-bond donors (Lipinski definition) is 0. The number of hydrogen-bond acceptors (Lipinski definition) is 4. The molecule has 0 unspecified atom stereocenters. The highest BCUT2D eigenvalue weighted by Crippen LogP contribution is 2.29. The van der Waals surface area contributed by atoms with Gasteiger partial charge in [-0.15, -0.1) is 0 Å². The topological polar surface area (TPSA) is 42.4 Å². The van der Waals surface area contributed by atoms with Gasteiger partial charge in [0.25, 0.3) is 0 Å². The number of carbonyl (C=O) groups is 1. The second-order valence-corrected chi connectivity index (χ2v) is 6.25. The van der Waals surface area contributed by atoms with Crippen LogP contribution < -0.4 is 0 Å². The van der Waals surface area contributed by atoms with Crippen LogP contribution in [-0.4, -0.2) is 34.5 Å². The molecule has 2 rings (SSSR count). The highest BCUT2D eigenvalue weighted by molar-refractivity contribution is 5.67. The lowest BCUT2D eigenvalue weighted by atomic mass is 9.96. The molecule has 4 nitrogen and oxygen atoms in total. The third kappa shape index (κ3) is 5.07. The maximum absolute atomic E-state index is 11.2. The molecule has 2 atom stereocenters. The maximum atomic E-state index is 11.2. The van der Waals surface area contributed by atoms with Gasteiger partial charge >= 0.3 is 5.97 Å². The third-order valence-corrected chi connectivity index (χ3v) is 4.36. The molecule has 1 fully saturated rings. The molecule has 0 spiro atoms. The molecule has 1 aliphatic heterocycles. The zero-order valence-corrected chi connectivity index (χ0v) is 14.3. The van der Waals surface area contributed by atoms with Crippen LogP contribution in [0.1, 0.15) is 58.1 Å². The summed E-state index contributed by atoms with van der Waals surface area (Å²) in [7, 11) is 0. The molecule has 0 radical (unpaired) electrons. The van der Waals surface area contributed by atoms with Crippen molar-refractivity contribution < 1.29 is 9.53 Å². The second kappa shape index (κ2) is 8.12. The summed E-state index contributed by atoms with van der Waals surface area (Å²) in [6.07, 6.45) is 8.03. The molecule has 4 heteroatoms. The summed E-state index contributed by atoms with van der Waals surface area (Å²) >= 11 is 0. The molecule has 1 saturated heterocycles. The van der Waals surface area contributed by atoms with Crippen molar-refractivity contribution in [2.45, 2.75) is 58.1 Å². The van der Waals surface area contributed by atoms with E-state index in [0.717, 1.165) is 13.0 Å². The van der Waals surface area contributed by atoms with Gasteiger partial charge < -0.3 is 4.74 Å². The zero-order chi connectivity index (χ0) is 16.7. The molecule has 0 aliphatic carbocycles. The SMILES string of the molecule is CC[C@](C)(C#CCN1CCCC[C@H]1c1cccnc1)OC(C)=O. The quantitative estimate of drug-likeness (QED) is 0.631. The van der Waals surface area contributed by atoms with Crippen LogP contribution in [0, 0.1) is 11.8 Å². The Kier molecular flexibility index (Phi) is 6.18. The minimum atomic E-state index is -0.689. The van der Waals surface area contributed by atoms with Gasteiger partial charge in [-0.1, -0.05) is 31.3 Å². The van der Waals surface area contributed by atoms with Crippen LogP contribution in [0.2, 0.25) is 0 Å². The van der Waals surface area contributed by atoms with Crippen molar-refractivity contribution in [1.29, 1.82) is 0 Å². The number of ether oxygens (including phenoxy) is 1. The van der Waals surface area contributed by atoms with Gasteiger partial charge in [-0.25, -0.2) is 0 Å². The van der Waals surface area contributed by atoms with Crippen LogP contribution in [0.25, 0.3) is 0 Å². The van der Waals surface area contributed by atoms with E-state index in [0.29, 0.717) is 19.0 Å². The van der Waals surface area contributed by atoms with Crippen molar-refractivity contribution in [3.8, 4) is 11.8 Å². The Bertz CT molecular complexity index is 576. The number of piperidine rings is 1. The van der Waals surface area contributed by atoms with Crippen molar-refractivity contribution in [2.24, 2.45) is 0 Å². The van der Waals surface area contributed by atoms with Crippen LogP contribution in [0.3, 0.4) is 0 Å². The highest BCUT2D eigenvalue weighted by Gasteiger charge is 2.25. The number of nitrogens with zero attached hydrogens (tertiary/aromatic N) is 2. The van der Waals surface area contributed by atoms with E-state index in [2.05, 4.69) is 27.8 Å². The van der Waals surface area contributed by atoms with E-state index in [1.165, 1.54) is 25.3 Å². The van der Waals surface area contributed by atoms with Gasteiger partial charge in [0.2, 0.25) is 0 Å². The molecule has 0 N–H and O–H groups in total. The maximum Gasteiger partial charge on any atom is 0.304 e. The Morgan fingerprint density at radius 1 is 1.52 bits per heavy atom. The van der Waals surface area contributed by atoms with E-state index in [1.807, 2.05) is 32.3 Å². The van der Waals surface area contributed by atoms with Crippen molar-refractivity contribution in [2.75, 3.05) is 13.1 Å². The second-order valence-electron chi connectivity index (χ2n) is 6.25. The number of carbonyl (C=O) groups excluding carboxylic acids is 1. The zero-order valence-electron chi connectivity index (χ0n) is 14.3.